The van der Waals surface area contributed by atoms with Crippen LogP contribution >= 0.6 is 0 Å². The van der Waals surface area contributed by atoms with Crippen LogP contribution < -0.4 is 0 Å². The van der Waals surface area contributed by atoms with Gasteiger partial charge < -0.3 is 19.3 Å². The summed E-state index contributed by atoms with van der Waals surface area (Å²) >= 11 is 0. The van der Waals surface area contributed by atoms with Gasteiger partial charge in [-0.3, -0.25) is 14.4 Å². The lowest BCUT2D eigenvalue weighted by Gasteiger charge is -2.40. The monoisotopic (exact) mass is 540 g/mol. The van der Waals surface area contributed by atoms with Crippen molar-refractivity contribution < 1.29 is 38.5 Å². The number of allylic oxidation sites excluding steroid dienone is 1. The van der Waals surface area contributed by atoms with Crippen molar-refractivity contribution in [3.05, 3.63) is 59.7 Å². The van der Waals surface area contributed by atoms with Crippen molar-refractivity contribution >= 4 is 23.7 Å². The topological polar surface area (TPSA) is 116 Å². The van der Waals surface area contributed by atoms with E-state index >= 15 is 0 Å². The first-order valence-electron chi connectivity index (χ1n) is 13.4. The van der Waals surface area contributed by atoms with E-state index in [1.807, 2.05) is 39.8 Å². The summed E-state index contributed by atoms with van der Waals surface area (Å²) in [6, 6.07) is 8.54. The molecule has 0 amide bonds. The van der Waals surface area contributed by atoms with E-state index in [9.17, 15) is 24.3 Å². The summed E-state index contributed by atoms with van der Waals surface area (Å²) in [6.07, 6.45) is 2.86. The summed E-state index contributed by atoms with van der Waals surface area (Å²) in [6.45, 7) is 11.6. The second kappa shape index (κ2) is 11.9. The average molecular weight is 541 g/mol. The van der Waals surface area contributed by atoms with Crippen molar-refractivity contribution in [3.8, 4) is 0 Å². The average Bonchev–Trinajstić information content (AvgIpc) is 3.09. The van der Waals surface area contributed by atoms with Crippen molar-refractivity contribution in [2.45, 2.75) is 85.2 Å². The predicted octanol–water partition coefficient (Wildman–Crippen LogP) is 4.60. The number of carbonyl (C=O) groups is 4. The molecule has 7 atom stereocenters. The second-order valence-electron chi connectivity index (χ2n) is 11.6. The molecule has 2 aliphatic carbocycles. The molecule has 0 unspecified atom stereocenters. The van der Waals surface area contributed by atoms with Crippen LogP contribution in [0, 0.1) is 23.2 Å². The van der Waals surface area contributed by atoms with Crippen LogP contribution in [0.3, 0.4) is 0 Å². The van der Waals surface area contributed by atoms with Gasteiger partial charge in [0.2, 0.25) is 0 Å². The van der Waals surface area contributed by atoms with E-state index in [-0.39, 0.29) is 24.5 Å². The molecule has 8 heteroatoms. The molecule has 0 bridgehead atoms. The fraction of sp³-hybridized carbons (Fsp3) is 0.548. The summed E-state index contributed by atoms with van der Waals surface area (Å²) in [5, 5.41) is 12.3. The van der Waals surface area contributed by atoms with E-state index in [1.165, 1.54) is 13.8 Å². The number of hydrogen-bond acceptors (Lipinski definition) is 8. The Hall–Kier alpha value is -3.26. The standard InChI is InChI=1S/C31H40O8/c1-18-13-14-30(6,7)26(37-21(4)32)16-25(34)19(2)15-24-27(39-29(35)23-11-9-8-10-12-23)20(3)17-31(24,36)28(18)38-22(5)33/h8-15,18,20,24,26-28,36H,16-17H2,1-7H3/t18-,20-,24-,26+,27-,28+,31+/m0/s1. The molecule has 1 aromatic rings. The number of benzene rings is 1. The van der Waals surface area contributed by atoms with Crippen molar-refractivity contribution in [2.75, 3.05) is 0 Å². The zero-order valence-corrected chi connectivity index (χ0v) is 23.8. The Morgan fingerprint density at radius 2 is 1.59 bits per heavy atom. The van der Waals surface area contributed by atoms with Gasteiger partial charge in [0.25, 0.3) is 0 Å². The third-order valence-electron chi connectivity index (χ3n) is 7.86. The zero-order chi connectivity index (χ0) is 29.1. The van der Waals surface area contributed by atoms with Gasteiger partial charge in [0.05, 0.1) is 5.56 Å². The maximum Gasteiger partial charge on any atom is 0.338 e. The van der Waals surface area contributed by atoms with E-state index < -0.39 is 59.1 Å². The number of aliphatic hydroxyl groups is 1. The van der Waals surface area contributed by atoms with E-state index in [0.29, 0.717) is 11.1 Å². The highest BCUT2D eigenvalue weighted by molar-refractivity contribution is 5.95. The molecule has 0 aromatic heterocycles. The molecule has 2 aliphatic rings. The fourth-order valence-corrected chi connectivity index (χ4v) is 5.71. The summed E-state index contributed by atoms with van der Waals surface area (Å²) in [5.41, 5.74) is -1.66. The largest absolute Gasteiger partial charge is 0.461 e. The number of ether oxygens (including phenoxy) is 3. The van der Waals surface area contributed by atoms with E-state index in [2.05, 4.69) is 0 Å². The van der Waals surface area contributed by atoms with E-state index in [4.69, 9.17) is 14.2 Å². The molecule has 0 spiro atoms. The Labute approximate surface area is 230 Å². The molecule has 1 aromatic carbocycles. The number of carbonyl (C=O) groups excluding carboxylic acids is 4. The molecule has 1 saturated carbocycles. The Balaban J connectivity index is 2.13. The summed E-state index contributed by atoms with van der Waals surface area (Å²) in [4.78, 5) is 50.6. The van der Waals surface area contributed by atoms with Crippen LogP contribution in [0.4, 0.5) is 0 Å². The maximum atomic E-state index is 13.4. The Morgan fingerprint density at radius 3 is 2.18 bits per heavy atom. The lowest BCUT2D eigenvalue weighted by Crippen LogP contribution is -2.52. The van der Waals surface area contributed by atoms with Crippen LogP contribution in [0.15, 0.2) is 54.1 Å². The highest BCUT2D eigenvalue weighted by atomic mass is 16.6. The number of Topliss-reactive ketones (excluding diaryl/α,β-unsaturated/α-hetero) is 1. The zero-order valence-electron chi connectivity index (χ0n) is 23.8. The second-order valence-corrected chi connectivity index (χ2v) is 11.6. The minimum absolute atomic E-state index is 0.0593. The summed E-state index contributed by atoms with van der Waals surface area (Å²) in [5.74, 6) is -3.49. The minimum atomic E-state index is -1.63. The molecule has 0 saturated heterocycles. The number of fused-ring (bicyclic) bond motifs is 1. The predicted molar refractivity (Wildman–Crippen MR) is 144 cm³/mol. The lowest BCUT2D eigenvalue weighted by atomic mass is 9.75. The Kier molecular flexibility index (Phi) is 9.21. The molecule has 1 N–H and O–H groups in total. The third kappa shape index (κ3) is 6.85. The van der Waals surface area contributed by atoms with Gasteiger partial charge in [0.15, 0.2) is 5.78 Å². The van der Waals surface area contributed by atoms with Crippen molar-refractivity contribution in [2.24, 2.45) is 23.2 Å². The van der Waals surface area contributed by atoms with Crippen LogP contribution in [-0.4, -0.2) is 52.7 Å². The summed E-state index contributed by atoms with van der Waals surface area (Å²) in [7, 11) is 0. The number of ketones is 1. The van der Waals surface area contributed by atoms with Gasteiger partial charge >= 0.3 is 17.9 Å². The molecule has 1 fully saturated rings. The van der Waals surface area contributed by atoms with Gasteiger partial charge in [-0.1, -0.05) is 64.1 Å². The van der Waals surface area contributed by atoms with Crippen molar-refractivity contribution in [1.82, 2.24) is 0 Å². The molecular weight excluding hydrogens is 500 g/mol. The molecule has 3 rings (SSSR count). The maximum absolute atomic E-state index is 13.4. The molecule has 0 heterocycles. The van der Waals surface area contributed by atoms with Gasteiger partial charge in [-0.15, -0.1) is 0 Å². The van der Waals surface area contributed by atoms with E-state index in [1.54, 1.807) is 43.3 Å². The fourth-order valence-electron chi connectivity index (χ4n) is 5.71. The first-order chi connectivity index (χ1) is 18.2. The third-order valence-corrected chi connectivity index (χ3v) is 7.86. The lowest BCUT2D eigenvalue weighted by molar-refractivity contribution is -0.173. The van der Waals surface area contributed by atoms with Gasteiger partial charge in [-0.2, -0.15) is 0 Å². The van der Waals surface area contributed by atoms with Crippen molar-refractivity contribution in [1.29, 1.82) is 0 Å². The number of esters is 3. The van der Waals surface area contributed by atoms with Crippen LogP contribution in [0.1, 0.15) is 71.7 Å². The SMILES string of the molecule is CC(=O)O[C@@H]1[C@@H](C)C=CC(C)(C)[C@H](OC(C)=O)CC(=O)C(C)=C[C@H]2[C@@H](OC(=O)c3ccccc3)[C@@H](C)C[C@]12O. The quantitative estimate of drug-likeness (QED) is 0.335. The van der Waals surface area contributed by atoms with E-state index in [0.717, 1.165) is 0 Å². The van der Waals surface area contributed by atoms with Crippen molar-refractivity contribution in [3.63, 3.8) is 0 Å². The minimum Gasteiger partial charge on any atom is -0.461 e. The number of rotatable bonds is 4. The van der Waals surface area contributed by atoms with Gasteiger partial charge in [0.1, 0.15) is 23.9 Å². The van der Waals surface area contributed by atoms with Gasteiger partial charge in [0, 0.05) is 37.5 Å². The Morgan fingerprint density at radius 1 is 0.974 bits per heavy atom. The molecule has 212 valence electrons. The molecule has 0 aliphatic heterocycles. The molecule has 39 heavy (non-hydrogen) atoms. The highest BCUT2D eigenvalue weighted by Crippen LogP contribution is 2.48. The molecule has 0 radical (unpaired) electrons. The first kappa shape index (κ1) is 30.3. The van der Waals surface area contributed by atoms with Gasteiger partial charge in [-0.05, 0) is 37.0 Å². The smallest absolute Gasteiger partial charge is 0.338 e. The van der Waals surface area contributed by atoms with Crippen LogP contribution in [0.2, 0.25) is 0 Å². The van der Waals surface area contributed by atoms with Crippen LogP contribution in [0.5, 0.6) is 0 Å². The summed E-state index contributed by atoms with van der Waals surface area (Å²) < 4.78 is 17.3. The molecule has 8 nitrogen and oxygen atoms in total. The van der Waals surface area contributed by atoms with Crippen LogP contribution in [-0.2, 0) is 28.6 Å². The van der Waals surface area contributed by atoms with Crippen LogP contribution in [0.25, 0.3) is 0 Å². The first-order valence-corrected chi connectivity index (χ1v) is 13.4. The highest BCUT2D eigenvalue weighted by Gasteiger charge is 2.58. The number of hydrogen-bond donors (Lipinski definition) is 1. The van der Waals surface area contributed by atoms with Gasteiger partial charge in [-0.25, -0.2) is 4.79 Å². The molecular formula is C31H40O8. The Bertz CT molecular complexity index is 1150. The normalized spacial score (nSPS) is 32.6.